The first-order valence-electron chi connectivity index (χ1n) is 8.56. The number of thiophene rings is 1. The summed E-state index contributed by atoms with van der Waals surface area (Å²) in [7, 11) is 1.40. The van der Waals surface area contributed by atoms with Crippen molar-refractivity contribution in [1.29, 1.82) is 0 Å². The highest BCUT2D eigenvalue weighted by Crippen LogP contribution is 2.44. The Kier molecular flexibility index (Phi) is 4.18. The Morgan fingerprint density at radius 1 is 1.46 bits per heavy atom. The molecular formula is C18H22N2O3S. The monoisotopic (exact) mass is 346 g/mol. The van der Waals surface area contributed by atoms with Crippen LogP contribution in [0.15, 0.2) is 23.6 Å². The summed E-state index contributed by atoms with van der Waals surface area (Å²) in [5, 5.41) is 6.66. The van der Waals surface area contributed by atoms with E-state index in [9.17, 15) is 4.79 Å². The Bertz CT molecular complexity index is 717. The molecule has 128 valence electrons. The van der Waals surface area contributed by atoms with E-state index in [4.69, 9.17) is 9.47 Å². The summed E-state index contributed by atoms with van der Waals surface area (Å²) in [6, 6.07) is 6.23. The number of esters is 1. The minimum absolute atomic E-state index is 0.0208. The molecule has 1 unspecified atom stereocenters. The van der Waals surface area contributed by atoms with Crippen LogP contribution in [0.1, 0.15) is 55.1 Å². The van der Waals surface area contributed by atoms with Crippen LogP contribution >= 0.6 is 11.3 Å². The topological polar surface area (TPSA) is 53.4 Å². The van der Waals surface area contributed by atoms with Gasteiger partial charge in [0.1, 0.15) is 0 Å². The third-order valence-corrected chi connectivity index (χ3v) is 6.12. The van der Waals surface area contributed by atoms with Gasteiger partial charge in [0.25, 0.3) is 0 Å². The number of aromatic nitrogens is 2. The van der Waals surface area contributed by atoms with Crippen LogP contribution in [0.4, 0.5) is 0 Å². The number of hydrogen-bond donors (Lipinski definition) is 0. The Labute approximate surface area is 145 Å². The van der Waals surface area contributed by atoms with Crippen LogP contribution in [0, 0.1) is 0 Å². The van der Waals surface area contributed by atoms with E-state index in [1.807, 2.05) is 22.2 Å². The number of ether oxygens (including phenoxy) is 2. The Morgan fingerprint density at radius 2 is 2.29 bits per heavy atom. The van der Waals surface area contributed by atoms with Gasteiger partial charge in [-0.1, -0.05) is 18.9 Å². The molecule has 1 aliphatic carbocycles. The Hall–Kier alpha value is -1.66. The van der Waals surface area contributed by atoms with Gasteiger partial charge in [-0.15, -0.1) is 11.3 Å². The standard InChI is InChI=1S/C18H22N2O3S/c1-22-17(21)14-11-15(16-5-4-10-24-16)20(19-14)13-6-9-23-18(12-13)7-2-3-8-18/h4-5,10-11,13H,2-3,6-9,12H2,1H3. The van der Waals surface area contributed by atoms with Gasteiger partial charge in [0.15, 0.2) is 5.69 Å². The van der Waals surface area contributed by atoms with Gasteiger partial charge in [0.05, 0.1) is 29.3 Å². The molecule has 6 heteroatoms. The zero-order valence-electron chi connectivity index (χ0n) is 13.9. The van der Waals surface area contributed by atoms with Crippen molar-refractivity contribution in [2.24, 2.45) is 0 Å². The van der Waals surface area contributed by atoms with Gasteiger partial charge in [-0.25, -0.2) is 4.79 Å². The molecule has 0 N–H and O–H groups in total. The van der Waals surface area contributed by atoms with Crippen molar-refractivity contribution in [3.05, 3.63) is 29.3 Å². The second-order valence-corrected chi connectivity index (χ2v) is 7.66. The van der Waals surface area contributed by atoms with E-state index in [1.165, 1.54) is 20.0 Å². The highest BCUT2D eigenvalue weighted by atomic mass is 32.1. The number of nitrogens with zero attached hydrogens (tertiary/aromatic N) is 2. The van der Waals surface area contributed by atoms with E-state index < -0.39 is 0 Å². The van der Waals surface area contributed by atoms with E-state index in [0.717, 1.165) is 42.9 Å². The van der Waals surface area contributed by atoms with Gasteiger partial charge >= 0.3 is 5.97 Å². The zero-order valence-corrected chi connectivity index (χ0v) is 14.7. The average molecular weight is 346 g/mol. The summed E-state index contributed by atoms with van der Waals surface area (Å²) in [5.41, 5.74) is 1.41. The van der Waals surface area contributed by atoms with Crippen LogP contribution < -0.4 is 0 Å². The molecule has 1 saturated carbocycles. The van der Waals surface area contributed by atoms with E-state index in [0.29, 0.717) is 5.69 Å². The second kappa shape index (κ2) is 6.33. The maximum atomic E-state index is 12.0. The highest BCUT2D eigenvalue weighted by Gasteiger charge is 2.41. The summed E-state index contributed by atoms with van der Waals surface area (Å²) in [6.07, 6.45) is 6.69. The first-order valence-corrected chi connectivity index (χ1v) is 9.44. The van der Waals surface area contributed by atoms with Crippen molar-refractivity contribution in [3.63, 3.8) is 0 Å². The van der Waals surface area contributed by atoms with Crippen molar-refractivity contribution in [1.82, 2.24) is 9.78 Å². The summed E-state index contributed by atoms with van der Waals surface area (Å²) < 4.78 is 13.1. The number of methoxy groups -OCH3 is 1. The quantitative estimate of drug-likeness (QED) is 0.787. The fourth-order valence-corrected chi connectivity index (χ4v) is 4.80. The van der Waals surface area contributed by atoms with Crippen molar-refractivity contribution in [3.8, 4) is 10.6 Å². The predicted octanol–water partition coefficient (Wildman–Crippen LogP) is 4.06. The van der Waals surface area contributed by atoms with Crippen molar-refractivity contribution in [2.75, 3.05) is 13.7 Å². The van der Waals surface area contributed by atoms with Gasteiger partial charge in [0.2, 0.25) is 0 Å². The lowest BCUT2D eigenvalue weighted by molar-refractivity contribution is -0.0907. The van der Waals surface area contributed by atoms with Gasteiger partial charge < -0.3 is 9.47 Å². The lowest BCUT2D eigenvalue weighted by atomic mass is 9.89. The van der Waals surface area contributed by atoms with Crippen LogP contribution in [0.3, 0.4) is 0 Å². The van der Waals surface area contributed by atoms with E-state index in [2.05, 4.69) is 11.2 Å². The van der Waals surface area contributed by atoms with Gasteiger partial charge in [-0.3, -0.25) is 4.68 Å². The fraction of sp³-hybridized carbons (Fsp3) is 0.556. The third-order valence-electron chi connectivity index (χ3n) is 5.23. The third kappa shape index (κ3) is 2.78. The molecule has 1 spiro atoms. The van der Waals surface area contributed by atoms with Crippen molar-refractivity contribution >= 4 is 17.3 Å². The molecular weight excluding hydrogens is 324 g/mol. The maximum absolute atomic E-state index is 12.0. The Morgan fingerprint density at radius 3 is 3.00 bits per heavy atom. The van der Waals surface area contributed by atoms with Crippen molar-refractivity contribution in [2.45, 2.75) is 50.2 Å². The molecule has 1 atom stereocenters. The maximum Gasteiger partial charge on any atom is 0.358 e. The fourth-order valence-electron chi connectivity index (χ4n) is 4.06. The van der Waals surface area contributed by atoms with E-state index in [1.54, 1.807) is 11.3 Å². The average Bonchev–Trinajstić information content (AvgIpc) is 3.34. The molecule has 2 aromatic rings. The first kappa shape index (κ1) is 15.8. The van der Waals surface area contributed by atoms with E-state index in [-0.39, 0.29) is 17.6 Å². The lowest BCUT2D eigenvalue weighted by Crippen LogP contribution is -2.38. The van der Waals surface area contributed by atoms with Crippen LogP contribution in [0.25, 0.3) is 10.6 Å². The molecule has 3 heterocycles. The number of hydrogen-bond acceptors (Lipinski definition) is 5. The number of carbonyl (C=O) groups excluding carboxylic acids is 1. The summed E-state index contributed by atoms with van der Waals surface area (Å²) >= 11 is 1.67. The summed E-state index contributed by atoms with van der Waals surface area (Å²) in [5.74, 6) is -0.380. The van der Waals surface area contributed by atoms with E-state index >= 15 is 0 Å². The predicted molar refractivity (Wildman–Crippen MR) is 92.3 cm³/mol. The molecule has 0 radical (unpaired) electrons. The minimum Gasteiger partial charge on any atom is -0.464 e. The number of carbonyl (C=O) groups is 1. The molecule has 2 fully saturated rings. The first-order chi connectivity index (χ1) is 11.7. The second-order valence-electron chi connectivity index (χ2n) is 6.71. The molecule has 5 nitrogen and oxygen atoms in total. The normalized spacial score (nSPS) is 22.8. The molecule has 0 bridgehead atoms. The molecule has 1 aliphatic heterocycles. The molecule has 24 heavy (non-hydrogen) atoms. The summed E-state index contributed by atoms with van der Waals surface area (Å²) in [4.78, 5) is 13.1. The Balaban J connectivity index is 1.70. The zero-order chi connectivity index (χ0) is 16.6. The largest absolute Gasteiger partial charge is 0.464 e. The minimum atomic E-state index is -0.380. The SMILES string of the molecule is COC(=O)c1cc(-c2cccs2)n(C2CCOC3(CCCC3)C2)n1. The van der Waals surface area contributed by atoms with Crippen LogP contribution in [-0.2, 0) is 9.47 Å². The molecule has 0 amide bonds. The summed E-state index contributed by atoms with van der Waals surface area (Å²) in [6.45, 7) is 0.766. The molecule has 1 saturated heterocycles. The van der Waals surface area contributed by atoms with Gasteiger partial charge in [0, 0.05) is 6.61 Å². The highest BCUT2D eigenvalue weighted by molar-refractivity contribution is 7.13. The van der Waals surface area contributed by atoms with Gasteiger partial charge in [-0.05, 0) is 43.2 Å². The number of rotatable bonds is 3. The van der Waals surface area contributed by atoms with Crippen LogP contribution in [0.5, 0.6) is 0 Å². The molecule has 2 aromatic heterocycles. The molecule has 2 aliphatic rings. The van der Waals surface area contributed by atoms with Crippen LogP contribution in [0.2, 0.25) is 0 Å². The van der Waals surface area contributed by atoms with Crippen LogP contribution in [-0.4, -0.2) is 35.1 Å². The smallest absolute Gasteiger partial charge is 0.358 e. The molecule has 4 rings (SSSR count). The molecule has 0 aromatic carbocycles. The van der Waals surface area contributed by atoms with Crippen molar-refractivity contribution < 1.29 is 14.3 Å². The lowest BCUT2D eigenvalue weighted by Gasteiger charge is -2.38. The van der Waals surface area contributed by atoms with Gasteiger partial charge in [-0.2, -0.15) is 5.10 Å².